The number of rotatable bonds is 3. The van der Waals surface area contributed by atoms with E-state index >= 15 is 0 Å². The normalized spacial score (nSPS) is 8.71. The van der Waals surface area contributed by atoms with Crippen LogP contribution in [0.3, 0.4) is 0 Å². The summed E-state index contributed by atoms with van der Waals surface area (Å²) in [5.74, 6) is -0.707. The number of esters is 2. The average Bonchev–Trinajstić information content (AvgIpc) is 2.38. The monoisotopic (exact) mass is 238 g/mol. The molecule has 0 N–H and O–H groups in total. The topological polar surface area (TPSA) is 52.6 Å². The van der Waals surface area contributed by atoms with Gasteiger partial charge in [-0.25, -0.2) is 4.79 Å². The molecule has 0 aliphatic heterocycles. The first kappa shape index (κ1) is 15.2. The third kappa shape index (κ3) is 5.70. The summed E-state index contributed by atoms with van der Waals surface area (Å²) in [4.78, 5) is 21.6. The van der Waals surface area contributed by atoms with Crippen molar-refractivity contribution in [2.75, 3.05) is 7.11 Å². The molecule has 0 bridgehead atoms. The Hall–Kier alpha value is -1.84. The second-order valence-electron chi connectivity index (χ2n) is 2.97. The molecule has 0 unspecified atom stereocenters. The Labute approximate surface area is 102 Å². The molecule has 4 heteroatoms. The van der Waals surface area contributed by atoms with Gasteiger partial charge in [-0.2, -0.15) is 0 Å². The number of carbonyl (C=O) groups is 2. The zero-order valence-corrected chi connectivity index (χ0v) is 10.6. The van der Waals surface area contributed by atoms with Gasteiger partial charge >= 0.3 is 11.9 Å². The van der Waals surface area contributed by atoms with E-state index in [4.69, 9.17) is 4.74 Å². The van der Waals surface area contributed by atoms with Gasteiger partial charge < -0.3 is 9.47 Å². The molecule has 0 spiro atoms. The average molecular weight is 238 g/mol. The summed E-state index contributed by atoms with van der Waals surface area (Å²) in [7, 11) is 1.33. The molecule has 0 aromatic heterocycles. The van der Waals surface area contributed by atoms with Gasteiger partial charge in [-0.05, 0) is 17.7 Å². The molecular weight excluding hydrogens is 220 g/mol. The summed E-state index contributed by atoms with van der Waals surface area (Å²) in [6, 6.07) is 6.69. The van der Waals surface area contributed by atoms with Crippen LogP contribution in [0.15, 0.2) is 24.3 Å². The maximum atomic E-state index is 11.1. The van der Waals surface area contributed by atoms with Gasteiger partial charge in [0.05, 0.1) is 12.7 Å². The van der Waals surface area contributed by atoms with E-state index in [0.717, 1.165) is 5.56 Å². The highest BCUT2D eigenvalue weighted by Crippen LogP contribution is 2.06. The van der Waals surface area contributed by atoms with Crippen molar-refractivity contribution in [3.05, 3.63) is 35.4 Å². The lowest BCUT2D eigenvalue weighted by atomic mass is 10.1. The lowest BCUT2D eigenvalue weighted by Gasteiger charge is -2.03. The standard InChI is InChI=1S/C11H12O4.C2H6/c1-8(12)15-7-9-3-5-10(6-4-9)11(13)14-2;1-2/h3-6H,7H2,1-2H3;1-2H3. The molecule has 17 heavy (non-hydrogen) atoms. The Bertz CT molecular complexity index is 354. The summed E-state index contributed by atoms with van der Waals surface area (Å²) in [5.41, 5.74) is 1.31. The van der Waals surface area contributed by atoms with E-state index in [-0.39, 0.29) is 18.5 Å². The number of ether oxygens (including phenoxy) is 2. The summed E-state index contributed by atoms with van der Waals surface area (Å²) in [6.45, 7) is 5.57. The molecule has 0 fully saturated rings. The molecule has 0 aliphatic rings. The minimum absolute atomic E-state index is 0.219. The van der Waals surface area contributed by atoms with Gasteiger partial charge in [0.25, 0.3) is 0 Å². The van der Waals surface area contributed by atoms with E-state index in [1.165, 1.54) is 14.0 Å². The van der Waals surface area contributed by atoms with E-state index in [2.05, 4.69) is 4.74 Å². The number of hydrogen-bond donors (Lipinski definition) is 0. The van der Waals surface area contributed by atoms with E-state index in [1.54, 1.807) is 24.3 Å². The maximum absolute atomic E-state index is 11.1. The van der Waals surface area contributed by atoms with Gasteiger partial charge in [0.15, 0.2) is 0 Å². The van der Waals surface area contributed by atoms with Crippen LogP contribution >= 0.6 is 0 Å². The van der Waals surface area contributed by atoms with E-state index < -0.39 is 0 Å². The highest BCUT2D eigenvalue weighted by atomic mass is 16.5. The van der Waals surface area contributed by atoms with Crippen LogP contribution < -0.4 is 0 Å². The molecule has 1 aromatic rings. The van der Waals surface area contributed by atoms with Gasteiger partial charge in [0, 0.05) is 6.92 Å². The Morgan fingerprint density at radius 1 is 1.12 bits per heavy atom. The van der Waals surface area contributed by atoms with Crippen molar-refractivity contribution in [1.29, 1.82) is 0 Å². The summed E-state index contributed by atoms with van der Waals surface area (Å²) >= 11 is 0. The van der Waals surface area contributed by atoms with Crippen molar-refractivity contribution in [1.82, 2.24) is 0 Å². The van der Waals surface area contributed by atoms with E-state index in [0.29, 0.717) is 5.56 Å². The number of benzene rings is 1. The van der Waals surface area contributed by atoms with Gasteiger partial charge in [-0.3, -0.25) is 4.79 Å². The Balaban J connectivity index is 0.00000121. The fourth-order valence-corrected chi connectivity index (χ4v) is 1.04. The molecule has 0 aliphatic carbocycles. The fourth-order valence-electron chi connectivity index (χ4n) is 1.04. The summed E-state index contributed by atoms with van der Waals surface area (Å²) < 4.78 is 9.35. The van der Waals surface area contributed by atoms with Crippen molar-refractivity contribution in [2.45, 2.75) is 27.4 Å². The molecule has 94 valence electrons. The highest BCUT2D eigenvalue weighted by Gasteiger charge is 2.04. The second-order valence-corrected chi connectivity index (χ2v) is 2.97. The minimum atomic E-state index is -0.381. The first-order valence-electron chi connectivity index (χ1n) is 5.44. The van der Waals surface area contributed by atoms with Crippen LogP contribution in [0.5, 0.6) is 0 Å². The molecule has 0 amide bonds. The van der Waals surface area contributed by atoms with Gasteiger partial charge in [0.2, 0.25) is 0 Å². The van der Waals surface area contributed by atoms with Gasteiger partial charge in [0.1, 0.15) is 6.61 Å². The maximum Gasteiger partial charge on any atom is 0.337 e. The first-order valence-corrected chi connectivity index (χ1v) is 5.44. The molecule has 1 aromatic carbocycles. The molecule has 0 heterocycles. The van der Waals surface area contributed by atoms with Crippen LogP contribution in [0.2, 0.25) is 0 Å². The van der Waals surface area contributed by atoms with Crippen LogP contribution in [0.4, 0.5) is 0 Å². The summed E-state index contributed by atoms with van der Waals surface area (Å²) in [5, 5.41) is 0. The zero-order valence-electron chi connectivity index (χ0n) is 10.6. The van der Waals surface area contributed by atoms with Crippen molar-refractivity contribution in [2.24, 2.45) is 0 Å². The fraction of sp³-hybridized carbons (Fsp3) is 0.385. The SMILES string of the molecule is CC.COC(=O)c1ccc(COC(C)=O)cc1. The lowest BCUT2D eigenvalue weighted by molar-refractivity contribution is -0.142. The Morgan fingerprint density at radius 3 is 2.06 bits per heavy atom. The minimum Gasteiger partial charge on any atom is -0.465 e. The van der Waals surface area contributed by atoms with Crippen molar-refractivity contribution in [3.63, 3.8) is 0 Å². The Morgan fingerprint density at radius 2 is 1.65 bits per heavy atom. The quantitative estimate of drug-likeness (QED) is 0.759. The smallest absolute Gasteiger partial charge is 0.337 e. The van der Waals surface area contributed by atoms with E-state index in [9.17, 15) is 9.59 Å². The highest BCUT2D eigenvalue weighted by molar-refractivity contribution is 5.89. The predicted octanol–water partition coefficient (Wildman–Crippen LogP) is 2.56. The van der Waals surface area contributed by atoms with Gasteiger partial charge in [-0.1, -0.05) is 26.0 Å². The first-order chi connectivity index (χ1) is 8.13. The third-order valence-electron chi connectivity index (χ3n) is 1.82. The molecule has 0 atom stereocenters. The van der Waals surface area contributed by atoms with Crippen LogP contribution in [0.25, 0.3) is 0 Å². The largest absolute Gasteiger partial charge is 0.465 e. The van der Waals surface area contributed by atoms with Crippen LogP contribution in [0, 0.1) is 0 Å². The summed E-state index contributed by atoms with van der Waals surface area (Å²) in [6.07, 6.45) is 0. The molecule has 0 saturated heterocycles. The van der Waals surface area contributed by atoms with Crippen molar-refractivity contribution >= 4 is 11.9 Å². The second kappa shape index (κ2) is 8.33. The van der Waals surface area contributed by atoms with Crippen molar-refractivity contribution < 1.29 is 19.1 Å². The molecule has 4 nitrogen and oxygen atoms in total. The number of methoxy groups -OCH3 is 1. The third-order valence-corrected chi connectivity index (χ3v) is 1.82. The van der Waals surface area contributed by atoms with Crippen LogP contribution in [0.1, 0.15) is 36.7 Å². The predicted molar refractivity (Wildman–Crippen MR) is 64.6 cm³/mol. The molecular formula is C13H18O4. The number of carbonyl (C=O) groups excluding carboxylic acids is 2. The van der Waals surface area contributed by atoms with Crippen molar-refractivity contribution in [3.8, 4) is 0 Å². The molecule has 0 saturated carbocycles. The lowest BCUT2D eigenvalue weighted by Crippen LogP contribution is -2.02. The van der Waals surface area contributed by atoms with Crippen LogP contribution in [-0.4, -0.2) is 19.0 Å². The molecule has 1 rings (SSSR count). The molecule has 0 radical (unpaired) electrons. The van der Waals surface area contributed by atoms with E-state index in [1.807, 2.05) is 13.8 Å². The zero-order chi connectivity index (χ0) is 13.3. The van der Waals surface area contributed by atoms with Gasteiger partial charge in [-0.15, -0.1) is 0 Å². The Kier molecular flexibility index (Phi) is 7.43. The van der Waals surface area contributed by atoms with Crippen LogP contribution in [-0.2, 0) is 20.9 Å². The number of hydrogen-bond acceptors (Lipinski definition) is 4.